The first-order valence-corrected chi connectivity index (χ1v) is 6.82. The third-order valence-corrected chi connectivity index (χ3v) is 3.94. The van der Waals surface area contributed by atoms with E-state index in [0.29, 0.717) is 11.6 Å². The third kappa shape index (κ3) is 3.40. The Morgan fingerprint density at radius 2 is 2.40 bits per heavy atom. The maximum atomic E-state index is 8.95. The zero-order valence-corrected chi connectivity index (χ0v) is 10.8. The summed E-state index contributed by atoms with van der Waals surface area (Å²) >= 11 is 3.26. The number of nitrogens with zero attached hydrogens (tertiary/aromatic N) is 2. The molecule has 1 aromatic heterocycles. The highest BCUT2D eigenvalue weighted by Crippen LogP contribution is 2.24. The normalized spacial score (nSPS) is 12.1. The molecule has 1 rings (SSSR count). The van der Waals surface area contributed by atoms with Crippen LogP contribution in [0.25, 0.3) is 0 Å². The highest BCUT2D eigenvalue weighted by atomic mass is 32.2. The topological polar surface area (TPSA) is 48.7 Å². The smallest absolute Gasteiger partial charge is 0.127 e. The second-order valence-electron chi connectivity index (χ2n) is 3.29. The van der Waals surface area contributed by atoms with Gasteiger partial charge in [0.15, 0.2) is 0 Å². The average molecular weight is 241 g/mol. The van der Waals surface area contributed by atoms with Crippen molar-refractivity contribution in [3.05, 3.63) is 11.3 Å². The summed E-state index contributed by atoms with van der Waals surface area (Å²) < 4.78 is 4.17. The van der Waals surface area contributed by atoms with Gasteiger partial charge in [-0.25, -0.2) is 0 Å². The van der Waals surface area contributed by atoms with Gasteiger partial charge in [0.25, 0.3) is 0 Å². The van der Waals surface area contributed by atoms with E-state index in [2.05, 4.69) is 29.6 Å². The Labute approximate surface area is 99.1 Å². The first-order chi connectivity index (χ1) is 7.19. The molecule has 1 atom stereocenters. The lowest BCUT2D eigenvalue weighted by Crippen LogP contribution is -2.17. The van der Waals surface area contributed by atoms with Gasteiger partial charge >= 0.3 is 0 Å². The van der Waals surface area contributed by atoms with Gasteiger partial charge in [0, 0.05) is 11.8 Å². The molecule has 0 fully saturated rings. The van der Waals surface area contributed by atoms with Crippen LogP contribution >= 0.6 is 23.3 Å². The summed E-state index contributed by atoms with van der Waals surface area (Å²) in [6.07, 6.45) is 0. The van der Waals surface area contributed by atoms with Gasteiger partial charge in [-0.15, -0.1) is 0 Å². The number of hydrogen-bond acceptors (Lipinski definition) is 5. The van der Waals surface area contributed by atoms with Crippen molar-refractivity contribution in [2.24, 2.45) is 0 Å². The summed E-state index contributed by atoms with van der Waals surface area (Å²) in [5, 5.41) is 13.2. The van der Waals surface area contributed by atoms with Crippen LogP contribution in [0.3, 0.4) is 0 Å². The number of aromatic nitrogens is 1. The molecule has 0 amide bonds. The van der Waals surface area contributed by atoms with Crippen LogP contribution in [0.1, 0.15) is 25.1 Å². The molecule has 1 aromatic rings. The average Bonchev–Trinajstić information content (AvgIpc) is 2.56. The Bertz CT molecular complexity index is 354. The van der Waals surface area contributed by atoms with Gasteiger partial charge in [-0.1, -0.05) is 6.92 Å². The molecule has 0 aliphatic heterocycles. The minimum Gasteiger partial charge on any atom is -0.371 e. The molecule has 5 heteroatoms. The van der Waals surface area contributed by atoms with Crippen molar-refractivity contribution in [2.45, 2.75) is 26.8 Å². The fourth-order valence-electron chi connectivity index (χ4n) is 1.16. The second kappa shape index (κ2) is 5.99. The number of nitriles is 1. The monoisotopic (exact) mass is 241 g/mol. The molecule has 0 saturated carbocycles. The van der Waals surface area contributed by atoms with Gasteiger partial charge in [-0.3, -0.25) is 0 Å². The summed E-state index contributed by atoms with van der Waals surface area (Å²) in [4.78, 5) is 0. The van der Waals surface area contributed by atoms with E-state index in [1.807, 2.05) is 18.7 Å². The number of aryl methyl sites for hydroxylation is 1. The largest absolute Gasteiger partial charge is 0.371 e. The van der Waals surface area contributed by atoms with Crippen LogP contribution in [0.4, 0.5) is 5.00 Å². The zero-order chi connectivity index (χ0) is 11.3. The lowest BCUT2D eigenvalue weighted by atomic mass is 10.2. The van der Waals surface area contributed by atoms with Gasteiger partial charge in [-0.2, -0.15) is 21.4 Å². The van der Waals surface area contributed by atoms with Gasteiger partial charge in [-0.05, 0) is 31.1 Å². The number of nitrogens with one attached hydrogen (secondary N) is 1. The Morgan fingerprint density at radius 1 is 1.67 bits per heavy atom. The van der Waals surface area contributed by atoms with Crippen molar-refractivity contribution in [2.75, 3.05) is 16.8 Å². The number of anilines is 1. The number of hydrogen-bond donors (Lipinski definition) is 1. The standard InChI is InChI=1S/C10H15N3S2/c1-4-14-6-7(2)12-10-9(5-11)8(3)13-15-10/h7,12H,4,6H2,1-3H3. The third-order valence-electron chi connectivity index (χ3n) is 1.92. The van der Waals surface area contributed by atoms with Crippen LogP contribution in [0.5, 0.6) is 0 Å². The first kappa shape index (κ1) is 12.3. The molecule has 82 valence electrons. The molecule has 1 heterocycles. The molecule has 0 aromatic carbocycles. The van der Waals surface area contributed by atoms with E-state index < -0.39 is 0 Å². The van der Waals surface area contributed by atoms with E-state index >= 15 is 0 Å². The van der Waals surface area contributed by atoms with Crippen molar-refractivity contribution >= 4 is 28.3 Å². The van der Waals surface area contributed by atoms with E-state index in [-0.39, 0.29) is 0 Å². The van der Waals surface area contributed by atoms with Crippen LogP contribution in [-0.4, -0.2) is 21.9 Å². The predicted molar refractivity (Wildman–Crippen MR) is 67.6 cm³/mol. The van der Waals surface area contributed by atoms with Crippen molar-refractivity contribution in [3.63, 3.8) is 0 Å². The molecule has 1 N–H and O–H groups in total. The molecule has 0 spiro atoms. The maximum absolute atomic E-state index is 8.95. The molecule has 1 unspecified atom stereocenters. The molecule has 3 nitrogen and oxygen atoms in total. The molecular formula is C10H15N3S2. The molecular weight excluding hydrogens is 226 g/mol. The van der Waals surface area contributed by atoms with Gasteiger partial charge < -0.3 is 5.32 Å². The zero-order valence-electron chi connectivity index (χ0n) is 9.20. The quantitative estimate of drug-likeness (QED) is 0.861. The molecule has 0 aliphatic rings. The fourth-order valence-corrected chi connectivity index (χ4v) is 2.69. The second-order valence-corrected chi connectivity index (χ2v) is 5.38. The number of thioether (sulfide) groups is 1. The lowest BCUT2D eigenvalue weighted by Gasteiger charge is -2.12. The van der Waals surface area contributed by atoms with E-state index in [0.717, 1.165) is 22.2 Å². The molecule has 15 heavy (non-hydrogen) atoms. The Hall–Kier alpha value is -0.730. The Morgan fingerprint density at radius 3 is 3.00 bits per heavy atom. The molecule has 0 radical (unpaired) electrons. The molecule has 0 saturated heterocycles. The summed E-state index contributed by atoms with van der Waals surface area (Å²) in [6.45, 7) is 6.14. The fraction of sp³-hybridized carbons (Fsp3) is 0.600. The lowest BCUT2D eigenvalue weighted by molar-refractivity contribution is 0.917. The van der Waals surface area contributed by atoms with Gasteiger partial charge in [0.05, 0.1) is 5.69 Å². The molecule has 0 aliphatic carbocycles. The van der Waals surface area contributed by atoms with Crippen LogP contribution in [0, 0.1) is 18.3 Å². The van der Waals surface area contributed by atoms with Crippen LogP contribution in [-0.2, 0) is 0 Å². The first-order valence-electron chi connectivity index (χ1n) is 4.89. The van der Waals surface area contributed by atoms with E-state index in [9.17, 15) is 0 Å². The summed E-state index contributed by atoms with van der Waals surface area (Å²) in [7, 11) is 0. The van der Waals surface area contributed by atoms with Crippen LogP contribution in [0.15, 0.2) is 0 Å². The Kier molecular flexibility index (Phi) is 4.92. The van der Waals surface area contributed by atoms with Crippen molar-refractivity contribution in [3.8, 4) is 6.07 Å². The van der Waals surface area contributed by atoms with Crippen LogP contribution in [0.2, 0.25) is 0 Å². The summed E-state index contributed by atoms with van der Waals surface area (Å²) in [5.41, 5.74) is 1.51. The van der Waals surface area contributed by atoms with E-state index in [1.54, 1.807) is 0 Å². The minimum absolute atomic E-state index is 0.377. The van der Waals surface area contributed by atoms with Gasteiger partial charge in [0.2, 0.25) is 0 Å². The summed E-state index contributed by atoms with van der Waals surface area (Å²) in [5.74, 6) is 2.18. The maximum Gasteiger partial charge on any atom is 0.127 e. The van der Waals surface area contributed by atoms with Crippen molar-refractivity contribution in [1.82, 2.24) is 4.37 Å². The van der Waals surface area contributed by atoms with E-state index in [4.69, 9.17) is 5.26 Å². The van der Waals surface area contributed by atoms with Crippen molar-refractivity contribution < 1.29 is 0 Å². The van der Waals surface area contributed by atoms with Crippen LogP contribution < -0.4 is 5.32 Å². The highest BCUT2D eigenvalue weighted by Gasteiger charge is 2.11. The summed E-state index contributed by atoms with van der Waals surface area (Å²) in [6, 6.07) is 2.56. The number of rotatable bonds is 5. The minimum atomic E-state index is 0.377. The molecule has 0 bridgehead atoms. The van der Waals surface area contributed by atoms with Gasteiger partial charge in [0.1, 0.15) is 16.6 Å². The SMILES string of the molecule is CCSCC(C)Nc1snc(C)c1C#N. The Balaban J connectivity index is 2.61. The predicted octanol–water partition coefficient (Wildman–Crippen LogP) is 2.88. The van der Waals surface area contributed by atoms with Crippen molar-refractivity contribution in [1.29, 1.82) is 5.26 Å². The van der Waals surface area contributed by atoms with E-state index in [1.165, 1.54) is 11.5 Å². The highest BCUT2D eigenvalue weighted by molar-refractivity contribution is 7.99.